The van der Waals surface area contributed by atoms with E-state index in [1.165, 1.54) is 44.5 Å². The van der Waals surface area contributed by atoms with Crippen molar-refractivity contribution in [2.45, 2.75) is 5.41 Å². The van der Waals surface area contributed by atoms with E-state index >= 15 is 0 Å². The van der Waals surface area contributed by atoms with Gasteiger partial charge < -0.3 is 4.42 Å². The van der Waals surface area contributed by atoms with Gasteiger partial charge in [-0.25, -0.2) is 9.97 Å². The summed E-state index contributed by atoms with van der Waals surface area (Å²) in [5, 5.41) is 2.26. The van der Waals surface area contributed by atoms with Gasteiger partial charge in [0.15, 0.2) is 5.82 Å². The molecule has 9 aromatic carbocycles. The van der Waals surface area contributed by atoms with Gasteiger partial charge in [-0.05, 0) is 73.8 Å². The minimum atomic E-state index is -0.536. The number of hydrogen-bond acceptors (Lipinski definition) is 3. The van der Waals surface area contributed by atoms with E-state index in [0.29, 0.717) is 5.82 Å². The molecular formula is C59H38N2O. The summed E-state index contributed by atoms with van der Waals surface area (Å²) in [5.41, 5.74) is 18.2. The molecule has 0 unspecified atom stereocenters. The summed E-state index contributed by atoms with van der Waals surface area (Å²) in [6.45, 7) is 0. The Morgan fingerprint density at radius 1 is 0.306 bits per heavy atom. The zero-order chi connectivity index (χ0) is 41.0. The summed E-state index contributed by atoms with van der Waals surface area (Å²) in [5.74, 6) is 0.702. The maximum Gasteiger partial charge on any atom is 0.160 e. The molecule has 1 aliphatic carbocycles. The van der Waals surface area contributed by atoms with Gasteiger partial charge >= 0.3 is 0 Å². The fraction of sp³-hybridized carbons (Fsp3) is 0.0169. The minimum Gasteiger partial charge on any atom is -0.456 e. The second kappa shape index (κ2) is 14.5. The van der Waals surface area contributed by atoms with Crippen molar-refractivity contribution in [3.63, 3.8) is 0 Å². The quantitative estimate of drug-likeness (QED) is 0.161. The van der Waals surface area contributed by atoms with Crippen molar-refractivity contribution < 1.29 is 4.42 Å². The molecule has 12 rings (SSSR count). The van der Waals surface area contributed by atoms with Crippen molar-refractivity contribution in [3.8, 4) is 67.3 Å². The molecule has 3 nitrogen and oxygen atoms in total. The molecule has 0 spiro atoms. The van der Waals surface area contributed by atoms with E-state index in [-0.39, 0.29) is 0 Å². The van der Waals surface area contributed by atoms with E-state index in [0.717, 1.165) is 61.1 Å². The van der Waals surface area contributed by atoms with E-state index in [2.05, 4.69) is 200 Å². The number of aromatic nitrogens is 2. The van der Waals surface area contributed by atoms with Crippen LogP contribution >= 0.6 is 0 Å². The van der Waals surface area contributed by atoms with Crippen LogP contribution in [-0.4, -0.2) is 9.97 Å². The van der Waals surface area contributed by atoms with Gasteiger partial charge in [-0.15, -0.1) is 0 Å². The molecule has 0 fully saturated rings. The summed E-state index contributed by atoms with van der Waals surface area (Å²) in [6, 6.07) is 82.2. The number of furan rings is 1. The maximum atomic E-state index is 6.50. The smallest absolute Gasteiger partial charge is 0.160 e. The Morgan fingerprint density at radius 2 is 0.742 bits per heavy atom. The van der Waals surface area contributed by atoms with Crippen LogP contribution in [0.4, 0.5) is 0 Å². The third kappa shape index (κ3) is 5.82. The Morgan fingerprint density at radius 3 is 1.34 bits per heavy atom. The number of fused-ring (bicyclic) bond motifs is 6. The van der Waals surface area contributed by atoms with Crippen LogP contribution in [-0.2, 0) is 5.41 Å². The topological polar surface area (TPSA) is 38.9 Å². The molecule has 11 aromatic rings. The average Bonchev–Trinajstić information content (AvgIpc) is 3.88. The average molecular weight is 791 g/mol. The molecule has 0 atom stereocenters. The standard InChI is InChI=1S/C59H38N2O/c1-3-13-39(14-4-1)40-23-27-43(28-24-40)54-38-55(61-58(60-54)45-15-5-2-6-16-45)44-29-25-41(26-30-44)42-31-33-46(34-32-42)59(52-20-10-7-17-48(52)49-18-8-11-21-53(49)59)47-35-36-51-50-19-9-12-22-56(50)62-57(51)37-47/h1-38H. The van der Waals surface area contributed by atoms with Crippen LogP contribution in [0.5, 0.6) is 0 Å². The molecule has 290 valence electrons. The van der Waals surface area contributed by atoms with Crippen molar-refractivity contribution in [2.24, 2.45) is 0 Å². The van der Waals surface area contributed by atoms with Crippen LogP contribution in [0.3, 0.4) is 0 Å². The Kier molecular flexibility index (Phi) is 8.39. The van der Waals surface area contributed by atoms with Gasteiger partial charge in [0.25, 0.3) is 0 Å². The lowest BCUT2D eigenvalue weighted by atomic mass is 9.67. The molecule has 2 heterocycles. The second-order valence-corrected chi connectivity index (χ2v) is 16.1. The minimum absolute atomic E-state index is 0.536. The van der Waals surface area contributed by atoms with Crippen molar-refractivity contribution in [2.75, 3.05) is 0 Å². The summed E-state index contributed by atoms with van der Waals surface area (Å²) in [7, 11) is 0. The molecule has 0 bridgehead atoms. The Bertz CT molecular complexity index is 3380. The predicted octanol–water partition coefficient (Wildman–Crippen LogP) is 15.1. The van der Waals surface area contributed by atoms with Crippen molar-refractivity contribution in [3.05, 3.63) is 253 Å². The highest BCUT2D eigenvalue weighted by Gasteiger charge is 2.46. The van der Waals surface area contributed by atoms with Crippen molar-refractivity contribution in [1.82, 2.24) is 9.97 Å². The molecule has 2 aromatic heterocycles. The summed E-state index contributed by atoms with van der Waals surface area (Å²) >= 11 is 0. The largest absolute Gasteiger partial charge is 0.456 e. The van der Waals surface area contributed by atoms with Crippen LogP contribution in [0.25, 0.3) is 89.2 Å². The van der Waals surface area contributed by atoms with Crippen LogP contribution in [0.2, 0.25) is 0 Å². The fourth-order valence-corrected chi connectivity index (χ4v) is 9.65. The van der Waals surface area contributed by atoms with Crippen LogP contribution in [0, 0.1) is 0 Å². The van der Waals surface area contributed by atoms with Crippen molar-refractivity contribution in [1.29, 1.82) is 0 Å². The van der Waals surface area contributed by atoms with Crippen molar-refractivity contribution >= 4 is 21.9 Å². The zero-order valence-corrected chi connectivity index (χ0v) is 33.7. The zero-order valence-electron chi connectivity index (χ0n) is 33.7. The normalized spacial score (nSPS) is 12.6. The molecule has 0 saturated heterocycles. The van der Waals surface area contributed by atoms with Crippen LogP contribution in [0.15, 0.2) is 235 Å². The highest BCUT2D eigenvalue weighted by Crippen LogP contribution is 2.56. The van der Waals surface area contributed by atoms with Gasteiger partial charge in [0.05, 0.1) is 16.8 Å². The highest BCUT2D eigenvalue weighted by molar-refractivity contribution is 6.05. The van der Waals surface area contributed by atoms with Gasteiger partial charge in [-0.1, -0.05) is 212 Å². The maximum absolute atomic E-state index is 6.50. The lowest BCUT2D eigenvalue weighted by molar-refractivity contribution is 0.665. The van der Waals surface area contributed by atoms with Crippen LogP contribution in [0.1, 0.15) is 22.3 Å². The first-order valence-electron chi connectivity index (χ1n) is 21.1. The second-order valence-electron chi connectivity index (χ2n) is 16.1. The number of benzene rings is 9. The number of rotatable bonds is 7. The van der Waals surface area contributed by atoms with Gasteiger partial charge in [0.1, 0.15) is 11.2 Å². The monoisotopic (exact) mass is 790 g/mol. The van der Waals surface area contributed by atoms with E-state index in [4.69, 9.17) is 14.4 Å². The van der Waals surface area contributed by atoms with Gasteiger partial charge in [0.2, 0.25) is 0 Å². The fourth-order valence-electron chi connectivity index (χ4n) is 9.65. The Labute approximate surface area is 360 Å². The lowest BCUT2D eigenvalue weighted by Gasteiger charge is -2.34. The first-order valence-corrected chi connectivity index (χ1v) is 21.1. The molecule has 1 aliphatic rings. The van der Waals surface area contributed by atoms with E-state index in [1.54, 1.807) is 0 Å². The first kappa shape index (κ1) is 35.8. The summed E-state index contributed by atoms with van der Waals surface area (Å²) in [6.07, 6.45) is 0. The molecule has 0 radical (unpaired) electrons. The number of para-hydroxylation sites is 1. The van der Waals surface area contributed by atoms with E-state index < -0.39 is 5.41 Å². The third-order valence-corrected chi connectivity index (χ3v) is 12.6. The summed E-state index contributed by atoms with van der Waals surface area (Å²) in [4.78, 5) is 10.2. The molecule has 0 saturated carbocycles. The van der Waals surface area contributed by atoms with Gasteiger partial charge in [-0.3, -0.25) is 0 Å². The Hall–Kier alpha value is -8.14. The van der Waals surface area contributed by atoms with Gasteiger partial charge in [-0.2, -0.15) is 0 Å². The SMILES string of the molecule is c1ccc(-c2ccc(-c3cc(-c4ccc(-c5ccc(C6(c7ccc8c(c7)oc7ccccc78)c7ccccc7-c7ccccc76)cc5)cc4)nc(-c4ccccc4)n3)cc2)cc1. The van der Waals surface area contributed by atoms with Crippen LogP contribution < -0.4 is 0 Å². The molecule has 62 heavy (non-hydrogen) atoms. The Balaban J connectivity index is 0.925. The van der Waals surface area contributed by atoms with E-state index in [1.807, 2.05) is 30.3 Å². The molecule has 0 aliphatic heterocycles. The number of nitrogens with zero attached hydrogens (tertiary/aromatic N) is 2. The lowest BCUT2D eigenvalue weighted by Crippen LogP contribution is -2.28. The first-order chi connectivity index (χ1) is 30.7. The predicted molar refractivity (Wildman–Crippen MR) is 254 cm³/mol. The molecule has 0 N–H and O–H groups in total. The molecular weight excluding hydrogens is 753 g/mol. The third-order valence-electron chi connectivity index (χ3n) is 12.6. The number of hydrogen-bond donors (Lipinski definition) is 0. The van der Waals surface area contributed by atoms with E-state index in [9.17, 15) is 0 Å². The molecule has 3 heteroatoms. The summed E-state index contributed by atoms with van der Waals surface area (Å²) < 4.78 is 6.50. The van der Waals surface area contributed by atoms with Gasteiger partial charge in [0, 0.05) is 27.5 Å². The molecule has 0 amide bonds. The highest BCUT2D eigenvalue weighted by atomic mass is 16.3.